The summed E-state index contributed by atoms with van der Waals surface area (Å²) < 4.78 is 26.9. The zero-order valence-corrected chi connectivity index (χ0v) is 18.6. The fraction of sp³-hybridized carbons (Fsp3) is 0.160. The van der Waals surface area contributed by atoms with E-state index in [1.54, 1.807) is 60.7 Å². The Labute approximate surface area is 195 Å². The molecule has 3 aromatic carbocycles. The Bertz CT molecular complexity index is 1240. The first-order chi connectivity index (χ1) is 16.6. The number of rotatable bonds is 7. The Morgan fingerprint density at radius 2 is 1.71 bits per heavy atom. The maximum absolute atomic E-state index is 12.5. The highest BCUT2D eigenvalue weighted by molar-refractivity contribution is 5.95. The lowest BCUT2D eigenvalue weighted by atomic mass is 10.2. The standard InChI is InChI=1S/C25H22N2O7/c1-30-19-5-3-4-18(13-19)25(29)34-21-8-6-16(12-22(21)31-2)15-26-27-24(28)17-7-9-20-23(14-17)33-11-10-32-20/h3-9,12-15H,10-11H2,1-2H3,(H,27,28)/b26-15+. The third-order valence-electron chi connectivity index (χ3n) is 4.88. The van der Waals surface area contributed by atoms with E-state index in [2.05, 4.69) is 10.5 Å². The Hall–Kier alpha value is -4.53. The number of hydrogen-bond donors (Lipinski definition) is 1. The van der Waals surface area contributed by atoms with Crippen LogP contribution in [0.4, 0.5) is 0 Å². The monoisotopic (exact) mass is 462 g/mol. The summed E-state index contributed by atoms with van der Waals surface area (Å²) in [5.41, 5.74) is 3.82. The number of fused-ring (bicyclic) bond motifs is 1. The third kappa shape index (κ3) is 5.26. The molecule has 0 aromatic heterocycles. The van der Waals surface area contributed by atoms with E-state index in [0.717, 1.165) is 0 Å². The van der Waals surface area contributed by atoms with Crippen LogP contribution in [0.15, 0.2) is 65.8 Å². The average molecular weight is 462 g/mol. The number of methoxy groups -OCH3 is 2. The maximum atomic E-state index is 12.5. The lowest BCUT2D eigenvalue weighted by molar-refractivity contribution is 0.0729. The van der Waals surface area contributed by atoms with Gasteiger partial charge in [-0.2, -0.15) is 5.10 Å². The molecule has 0 aliphatic carbocycles. The number of carbonyl (C=O) groups excluding carboxylic acids is 2. The van der Waals surface area contributed by atoms with E-state index in [1.807, 2.05) is 0 Å². The molecule has 1 N–H and O–H groups in total. The molecule has 3 aromatic rings. The number of hydrazone groups is 1. The van der Waals surface area contributed by atoms with E-state index < -0.39 is 11.9 Å². The Morgan fingerprint density at radius 1 is 0.882 bits per heavy atom. The number of benzene rings is 3. The predicted octanol–water partition coefficient (Wildman–Crippen LogP) is 3.46. The van der Waals surface area contributed by atoms with Gasteiger partial charge in [0.1, 0.15) is 19.0 Å². The highest BCUT2D eigenvalue weighted by Crippen LogP contribution is 2.31. The van der Waals surface area contributed by atoms with Gasteiger partial charge in [0.05, 0.1) is 26.0 Å². The number of esters is 1. The second kappa shape index (κ2) is 10.4. The van der Waals surface area contributed by atoms with Gasteiger partial charge in [0.25, 0.3) is 5.91 Å². The summed E-state index contributed by atoms with van der Waals surface area (Å²) in [6, 6.07) is 16.5. The highest BCUT2D eigenvalue weighted by Gasteiger charge is 2.15. The first-order valence-corrected chi connectivity index (χ1v) is 10.3. The molecule has 0 saturated carbocycles. The first-order valence-electron chi connectivity index (χ1n) is 10.3. The summed E-state index contributed by atoms with van der Waals surface area (Å²) in [6.07, 6.45) is 1.45. The summed E-state index contributed by atoms with van der Waals surface area (Å²) in [7, 11) is 2.98. The van der Waals surface area contributed by atoms with Crippen LogP contribution in [-0.2, 0) is 0 Å². The van der Waals surface area contributed by atoms with E-state index in [1.165, 1.54) is 20.4 Å². The first kappa shape index (κ1) is 22.7. The van der Waals surface area contributed by atoms with Gasteiger partial charge in [-0.1, -0.05) is 6.07 Å². The summed E-state index contributed by atoms with van der Waals surface area (Å²) in [4.78, 5) is 24.9. The molecule has 9 nitrogen and oxygen atoms in total. The van der Waals surface area contributed by atoms with Gasteiger partial charge in [0.2, 0.25) is 0 Å². The second-order valence-electron chi connectivity index (χ2n) is 7.09. The Balaban J connectivity index is 1.41. The van der Waals surface area contributed by atoms with Crippen molar-refractivity contribution in [1.82, 2.24) is 5.43 Å². The third-order valence-corrected chi connectivity index (χ3v) is 4.88. The van der Waals surface area contributed by atoms with Crippen molar-refractivity contribution in [3.05, 3.63) is 77.4 Å². The van der Waals surface area contributed by atoms with Crippen LogP contribution >= 0.6 is 0 Å². The van der Waals surface area contributed by atoms with E-state index in [4.69, 9.17) is 23.7 Å². The van der Waals surface area contributed by atoms with Crippen molar-refractivity contribution >= 4 is 18.1 Å². The SMILES string of the molecule is COc1cccc(C(=O)Oc2ccc(/C=N/NC(=O)c3ccc4c(c3)OCCO4)cc2OC)c1. The van der Waals surface area contributed by atoms with Gasteiger partial charge in [0.15, 0.2) is 23.0 Å². The lowest BCUT2D eigenvalue weighted by Gasteiger charge is -2.18. The number of ether oxygens (including phenoxy) is 5. The zero-order valence-electron chi connectivity index (χ0n) is 18.6. The van der Waals surface area contributed by atoms with Crippen molar-refractivity contribution in [3.63, 3.8) is 0 Å². The van der Waals surface area contributed by atoms with E-state index >= 15 is 0 Å². The molecule has 0 fully saturated rings. The molecule has 1 aliphatic heterocycles. The molecule has 0 radical (unpaired) electrons. The summed E-state index contributed by atoms with van der Waals surface area (Å²) in [6.45, 7) is 0.911. The zero-order chi connectivity index (χ0) is 23.9. The minimum atomic E-state index is -0.551. The van der Waals surface area contributed by atoms with Gasteiger partial charge in [-0.05, 0) is 60.2 Å². The van der Waals surface area contributed by atoms with Crippen LogP contribution < -0.4 is 29.1 Å². The summed E-state index contributed by atoms with van der Waals surface area (Å²) in [5.74, 6) is 1.30. The minimum absolute atomic E-state index is 0.243. The van der Waals surface area contributed by atoms with Crippen LogP contribution in [0.2, 0.25) is 0 Å². The molecule has 0 saturated heterocycles. The van der Waals surface area contributed by atoms with Crippen molar-refractivity contribution in [2.75, 3.05) is 27.4 Å². The highest BCUT2D eigenvalue weighted by atomic mass is 16.6. The van der Waals surface area contributed by atoms with Crippen LogP contribution in [0.1, 0.15) is 26.3 Å². The minimum Gasteiger partial charge on any atom is -0.497 e. The fourth-order valence-electron chi connectivity index (χ4n) is 3.17. The Morgan fingerprint density at radius 3 is 2.50 bits per heavy atom. The van der Waals surface area contributed by atoms with Crippen molar-refractivity contribution in [3.8, 4) is 28.7 Å². The van der Waals surface area contributed by atoms with Crippen LogP contribution in [-0.4, -0.2) is 45.5 Å². The topological polar surface area (TPSA) is 105 Å². The van der Waals surface area contributed by atoms with Crippen molar-refractivity contribution < 1.29 is 33.3 Å². The predicted molar refractivity (Wildman–Crippen MR) is 123 cm³/mol. The van der Waals surface area contributed by atoms with Gasteiger partial charge < -0.3 is 23.7 Å². The summed E-state index contributed by atoms with van der Waals surface area (Å²) >= 11 is 0. The van der Waals surface area contributed by atoms with Gasteiger partial charge >= 0.3 is 5.97 Å². The van der Waals surface area contributed by atoms with Crippen molar-refractivity contribution in [1.29, 1.82) is 0 Å². The molecule has 174 valence electrons. The Kier molecular flexibility index (Phi) is 6.92. The number of nitrogens with one attached hydrogen (secondary N) is 1. The largest absolute Gasteiger partial charge is 0.497 e. The molecule has 1 heterocycles. The smallest absolute Gasteiger partial charge is 0.343 e. The summed E-state index contributed by atoms with van der Waals surface area (Å²) in [5, 5.41) is 3.99. The maximum Gasteiger partial charge on any atom is 0.343 e. The van der Waals surface area contributed by atoms with Crippen molar-refractivity contribution in [2.45, 2.75) is 0 Å². The molecule has 0 unspecified atom stereocenters. The average Bonchev–Trinajstić information content (AvgIpc) is 2.89. The molecule has 1 aliphatic rings. The van der Waals surface area contributed by atoms with Gasteiger partial charge in [-0.25, -0.2) is 10.2 Å². The molecular weight excluding hydrogens is 440 g/mol. The molecule has 0 bridgehead atoms. The second-order valence-corrected chi connectivity index (χ2v) is 7.09. The van der Waals surface area contributed by atoms with E-state index in [9.17, 15) is 9.59 Å². The number of amides is 1. The van der Waals surface area contributed by atoms with Gasteiger partial charge in [-0.3, -0.25) is 4.79 Å². The quantitative estimate of drug-likeness (QED) is 0.248. The van der Waals surface area contributed by atoms with Crippen molar-refractivity contribution in [2.24, 2.45) is 5.10 Å². The van der Waals surface area contributed by atoms with Crippen LogP contribution in [0.5, 0.6) is 28.7 Å². The van der Waals surface area contributed by atoms with Gasteiger partial charge in [0, 0.05) is 5.56 Å². The number of carbonyl (C=O) groups is 2. The van der Waals surface area contributed by atoms with E-state index in [-0.39, 0.29) is 5.75 Å². The van der Waals surface area contributed by atoms with Gasteiger partial charge in [-0.15, -0.1) is 0 Å². The lowest BCUT2D eigenvalue weighted by Crippen LogP contribution is -2.19. The number of nitrogens with zero attached hydrogens (tertiary/aromatic N) is 1. The molecule has 9 heteroatoms. The number of hydrogen-bond acceptors (Lipinski definition) is 8. The van der Waals surface area contributed by atoms with E-state index in [0.29, 0.717) is 52.9 Å². The van der Waals surface area contributed by atoms with Crippen LogP contribution in [0.3, 0.4) is 0 Å². The molecular formula is C25H22N2O7. The normalized spacial score (nSPS) is 12.2. The molecule has 34 heavy (non-hydrogen) atoms. The molecule has 0 atom stereocenters. The molecule has 4 rings (SSSR count). The fourth-order valence-corrected chi connectivity index (χ4v) is 3.17. The molecule has 1 amide bonds. The van der Waals surface area contributed by atoms with Crippen LogP contribution in [0, 0.1) is 0 Å². The molecule has 0 spiro atoms. The van der Waals surface area contributed by atoms with Crippen LogP contribution in [0.25, 0.3) is 0 Å².